The Labute approximate surface area is 179 Å². The first-order chi connectivity index (χ1) is 13.7. The summed E-state index contributed by atoms with van der Waals surface area (Å²) in [6.07, 6.45) is 1.93. The molecule has 0 saturated carbocycles. The summed E-state index contributed by atoms with van der Waals surface area (Å²) in [5.41, 5.74) is 1.24. The van der Waals surface area contributed by atoms with Crippen molar-refractivity contribution in [3.63, 3.8) is 0 Å². The minimum absolute atomic E-state index is 0.0664. The zero-order valence-corrected chi connectivity index (χ0v) is 19.3. The number of amides is 1. The third-order valence-corrected chi connectivity index (χ3v) is 5.62. The summed E-state index contributed by atoms with van der Waals surface area (Å²) >= 11 is 0. The van der Waals surface area contributed by atoms with Crippen molar-refractivity contribution in [1.82, 2.24) is 5.32 Å². The van der Waals surface area contributed by atoms with Crippen molar-refractivity contribution in [3.8, 4) is 0 Å². The standard InChI is InChI=1S/C23H31FN2O3S/c1-22(2,3)16-23(4,5)25-21(27)18-9-13-20(14-10-18)26(30(6,28)29)15-17-7-11-19(24)12-8-17/h7-14H,15-16H2,1-6H3,(H,25,27). The number of halogens is 1. The van der Waals surface area contributed by atoms with Crippen LogP contribution in [-0.4, -0.2) is 26.1 Å². The fourth-order valence-corrected chi connectivity index (χ4v) is 4.57. The van der Waals surface area contributed by atoms with Crippen LogP contribution in [0.15, 0.2) is 48.5 Å². The lowest BCUT2D eigenvalue weighted by atomic mass is 9.81. The molecule has 0 heterocycles. The van der Waals surface area contributed by atoms with Gasteiger partial charge in [0.05, 0.1) is 18.5 Å². The molecule has 7 heteroatoms. The first kappa shape index (κ1) is 23.9. The molecule has 0 atom stereocenters. The highest BCUT2D eigenvalue weighted by atomic mass is 32.2. The van der Waals surface area contributed by atoms with Crippen LogP contribution >= 0.6 is 0 Å². The Kier molecular flexibility index (Phi) is 6.97. The van der Waals surface area contributed by atoms with Crippen LogP contribution in [0.5, 0.6) is 0 Å². The van der Waals surface area contributed by atoms with Crippen molar-refractivity contribution in [2.24, 2.45) is 5.41 Å². The Hall–Kier alpha value is -2.41. The third kappa shape index (κ3) is 7.13. The van der Waals surface area contributed by atoms with Gasteiger partial charge in [0.25, 0.3) is 5.91 Å². The van der Waals surface area contributed by atoms with E-state index in [1.165, 1.54) is 16.4 Å². The number of anilines is 1. The summed E-state index contributed by atoms with van der Waals surface area (Å²) in [7, 11) is -3.57. The molecule has 164 valence electrons. The van der Waals surface area contributed by atoms with Crippen LogP contribution in [0.3, 0.4) is 0 Å². The van der Waals surface area contributed by atoms with E-state index in [2.05, 4.69) is 26.1 Å². The second-order valence-corrected chi connectivity index (χ2v) is 11.4. The van der Waals surface area contributed by atoms with E-state index in [1.807, 2.05) is 13.8 Å². The van der Waals surface area contributed by atoms with E-state index in [0.717, 1.165) is 12.7 Å². The van der Waals surface area contributed by atoms with Gasteiger partial charge < -0.3 is 5.32 Å². The van der Waals surface area contributed by atoms with E-state index >= 15 is 0 Å². The molecule has 0 spiro atoms. The maximum atomic E-state index is 13.1. The minimum atomic E-state index is -3.57. The summed E-state index contributed by atoms with van der Waals surface area (Å²) < 4.78 is 39.0. The van der Waals surface area contributed by atoms with Gasteiger partial charge in [-0.25, -0.2) is 12.8 Å². The number of nitrogens with one attached hydrogen (secondary N) is 1. The van der Waals surface area contributed by atoms with Gasteiger partial charge in [-0.15, -0.1) is 0 Å². The molecule has 2 aromatic carbocycles. The number of hydrogen-bond acceptors (Lipinski definition) is 3. The fraction of sp³-hybridized carbons (Fsp3) is 0.435. The van der Waals surface area contributed by atoms with Gasteiger partial charge in [-0.1, -0.05) is 32.9 Å². The van der Waals surface area contributed by atoms with Gasteiger partial charge in [-0.05, 0) is 67.6 Å². The molecule has 0 radical (unpaired) electrons. The van der Waals surface area contributed by atoms with Crippen molar-refractivity contribution in [3.05, 3.63) is 65.5 Å². The lowest BCUT2D eigenvalue weighted by Gasteiger charge is -2.33. The van der Waals surface area contributed by atoms with Crippen LogP contribution in [0, 0.1) is 11.2 Å². The highest BCUT2D eigenvalue weighted by Crippen LogP contribution is 2.27. The fourth-order valence-electron chi connectivity index (χ4n) is 3.68. The normalized spacial score (nSPS) is 12.5. The number of rotatable bonds is 7. The average Bonchev–Trinajstić information content (AvgIpc) is 2.57. The van der Waals surface area contributed by atoms with E-state index in [4.69, 9.17) is 0 Å². The van der Waals surface area contributed by atoms with E-state index in [1.54, 1.807) is 36.4 Å². The number of sulfonamides is 1. The van der Waals surface area contributed by atoms with Gasteiger partial charge in [-0.2, -0.15) is 0 Å². The molecule has 0 bridgehead atoms. The third-order valence-electron chi connectivity index (χ3n) is 4.48. The van der Waals surface area contributed by atoms with Crippen molar-refractivity contribution in [2.45, 2.75) is 53.1 Å². The molecule has 0 fully saturated rings. The molecule has 1 N–H and O–H groups in total. The topological polar surface area (TPSA) is 66.5 Å². The predicted molar refractivity (Wildman–Crippen MR) is 119 cm³/mol. The molecule has 0 aliphatic heterocycles. The Bertz CT molecular complexity index is 977. The molecular weight excluding hydrogens is 403 g/mol. The molecule has 0 aromatic heterocycles. The first-order valence-electron chi connectivity index (χ1n) is 9.81. The molecule has 30 heavy (non-hydrogen) atoms. The van der Waals surface area contributed by atoms with E-state index in [-0.39, 0.29) is 29.2 Å². The van der Waals surface area contributed by atoms with Gasteiger partial charge in [0.2, 0.25) is 10.0 Å². The monoisotopic (exact) mass is 434 g/mol. The Balaban J connectivity index is 2.20. The number of benzene rings is 2. The van der Waals surface area contributed by atoms with Gasteiger partial charge in [0, 0.05) is 11.1 Å². The largest absolute Gasteiger partial charge is 0.347 e. The zero-order valence-electron chi connectivity index (χ0n) is 18.5. The number of hydrogen-bond donors (Lipinski definition) is 1. The lowest BCUT2D eigenvalue weighted by Crippen LogP contribution is -2.45. The van der Waals surface area contributed by atoms with Crippen LogP contribution in [0.25, 0.3) is 0 Å². The SMILES string of the molecule is CC(C)(C)CC(C)(C)NC(=O)c1ccc(N(Cc2ccc(F)cc2)S(C)(=O)=O)cc1. The number of carbonyl (C=O) groups excluding carboxylic acids is 1. The van der Waals surface area contributed by atoms with Crippen LogP contribution in [0.2, 0.25) is 0 Å². The van der Waals surface area contributed by atoms with Crippen LogP contribution in [0.4, 0.5) is 10.1 Å². The Morgan fingerprint density at radius 1 is 0.967 bits per heavy atom. The van der Waals surface area contributed by atoms with E-state index in [0.29, 0.717) is 16.8 Å². The summed E-state index contributed by atoms with van der Waals surface area (Å²) in [5.74, 6) is -0.588. The highest BCUT2D eigenvalue weighted by molar-refractivity contribution is 7.92. The second kappa shape index (κ2) is 8.76. The molecule has 0 saturated heterocycles. The van der Waals surface area contributed by atoms with Crippen molar-refractivity contribution >= 4 is 21.6 Å². The molecule has 0 aliphatic rings. The maximum absolute atomic E-state index is 13.1. The van der Waals surface area contributed by atoms with Crippen LogP contribution < -0.4 is 9.62 Å². The Morgan fingerprint density at radius 2 is 1.50 bits per heavy atom. The average molecular weight is 435 g/mol. The smallest absolute Gasteiger partial charge is 0.251 e. The minimum Gasteiger partial charge on any atom is -0.347 e. The quantitative estimate of drug-likeness (QED) is 0.685. The first-order valence-corrected chi connectivity index (χ1v) is 11.7. The molecular formula is C23H31FN2O3S. The summed E-state index contributed by atoms with van der Waals surface area (Å²) in [5, 5.41) is 3.05. The molecule has 2 aromatic rings. The van der Waals surface area contributed by atoms with Gasteiger partial charge in [0.15, 0.2) is 0 Å². The van der Waals surface area contributed by atoms with E-state index < -0.39 is 10.0 Å². The summed E-state index contributed by atoms with van der Waals surface area (Å²) in [6, 6.07) is 12.1. The highest BCUT2D eigenvalue weighted by Gasteiger charge is 2.27. The van der Waals surface area contributed by atoms with Crippen molar-refractivity contribution < 1.29 is 17.6 Å². The number of carbonyl (C=O) groups is 1. The van der Waals surface area contributed by atoms with Gasteiger partial charge in [-0.3, -0.25) is 9.10 Å². The Morgan fingerprint density at radius 3 is 1.97 bits per heavy atom. The lowest BCUT2D eigenvalue weighted by molar-refractivity contribution is 0.0891. The van der Waals surface area contributed by atoms with E-state index in [9.17, 15) is 17.6 Å². The van der Waals surface area contributed by atoms with Gasteiger partial charge in [0.1, 0.15) is 5.82 Å². The molecule has 0 unspecified atom stereocenters. The summed E-state index contributed by atoms with van der Waals surface area (Å²) in [6.45, 7) is 10.4. The number of nitrogens with zero attached hydrogens (tertiary/aromatic N) is 1. The van der Waals surface area contributed by atoms with Gasteiger partial charge >= 0.3 is 0 Å². The predicted octanol–water partition coefficient (Wildman–Crippen LogP) is 4.74. The molecule has 1 amide bonds. The summed E-state index contributed by atoms with van der Waals surface area (Å²) in [4.78, 5) is 12.7. The molecule has 2 rings (SSSR count). The maximum Gasteiger partial charge on any atom is 0.251 e. The molecule has 5 nitrogen and oxygen atoms in total. The zero-order chi connectivity index (χ0) is 22.7. The van der Waals surface area contributed by atoms with Crippen LogP contribution in [-0.2, 0) is 16.6 Å². The van der Waals surface area contributed by atoms with Crippen molar-refractivity contribution in [1.29, 1.82) is 0 Å². The van der Waals surface area contributed by atoms with Crippen LogP contribution in [0.1, 0.15) is 57.0 Å². The molecule has 0 aliphatic carbocycles. The second-order valence-electron chi connectivity index (χ2n) is 9.52. The van der Waals surface area contributed by atoms with Crippen molar-refractivity contribution in [2.75, 3.05) is 10.6 Å².